The lowest BCUT2D eigenvalue weighted by molar-refractivity contribution is 1.28. The Kier molecular flexibility index (Phi) is 5.54. The number of nitrogens with zero attached hydrogens (tertiary/aromatic N) is 1. The van der Waals surface area contributed by atoms with E-state index in [0.29, 0.717) is 0 Å². The molecule has 6 aromatic carbocycles. The number of benzene rings is 6. The maximum Gasteiger partial charge on any atom is 0.0546 e. The van der Waals surface area contributed by atoms with Crippen LogP contribution in [0.4, 0.5) is 17.1 Å². The molecule has 0 aliphatic rings. The first-order chi connectivity index (χ1) is 17.6. The monoisotopic (exact) mass is 463 g/mol. The van der Waals surface area contributed by atoms with Crippen LogP contribution in [0.25, 0.3) is 32.7 Å². The lowest BCUT2D eigenvalue weighted by Gasteiger charge is -2.29. The maximum atomic E-state index is 2.39. The summed E-state index contributed by atoms with van der Waals surface area (Å²) in [7, 11) is 0. The van der Waals surface area contributed by atoms with Gasteiger partial charge in [0.05, 0.1) is 5.69 Å². The molecule has 6 rings (SSSR count). The molecule has 0 bridgehead atoms. The van der Waals surface area contributed by atoms with Crippen LogP contribution in [0.3, 0.4) is 0 Å². The zero-order chi connectivity index (χ0) is 24.6. The molecule has 36 heavy (non-hydrogen) atoms. The SMILES string of the molecule is Cc1ccc(N(c2ccccc2)c2ccc3cccc(C)c3c2-c2ccc3cccc(C)c3c2)cc1. The van der Waals surface area contributed by atoms with Crippen LogP contribution in [0.2, 0.25) is 0 Å². The summed E-state index contributed by atoms with van der Waals surface area (Å²) in [5.74, 6) is 0. The van der Waals surface area contributed by atoms with E-state index in [2.05, 4.69) is 147 Å². The van der Waals surface area contributed by atoms with Gasteiger partial charge in [-0.15, -0.1) is 0 Å². The molecule has 0 spiro atoms. The molecular weight excluding hydrogens is 434 g/mol. The Morgan fingerprint density at radius 3 is 1.94 bits per heavy atom. The molecule has 0 aliphatic heterocycles. The number of hydrogen-bond acceptors (Lipinski definition) is 1. The normalized spacial score (nSPS) is 11.2. The van der Waals surface area contributed by atoms with E-state index in [1.165, 1.54) is 55.0 Å². The van der Waals surface area contributed by atoms with Gasteiger partial charge in [-0.25, -0.2) is 0 Å². The molecule has 0 saturated carbocycles. The molecule has 0 radical (unpaired) electrons. The van der Waals surface area contributed by atoms with Gasteiger partial charge >= 0.3 is 0 Å². The molecule has 0 amide bonds. The molecule has 0 saturated heterocycles. The first kappa shape index (κ1) is 22.1. The standard InChI is InChI=1S/C35H29N/c1-24-15-20-31(21-16-24)36(30-13-5-4-6-14-30)33-22-19-28-12-8-10-26(3)34(28)35(33)29-18-17-27-11-7-9-25(2)32(27)23-29/h4-23H,1-3H3. The lowest BCUT2D eigenvalue weighted by atomic mass is 9.90. The van der Waals surface area contributed by atoms with Crippen LogP contribution in [0.5, 0.6) is 0 Å². The van der Waals surface area contributed by atoms with Crippen molar-refractivity contribution >= 4 is 38.6 Å². The van der Waals surface area contributed by atoms with Gasteiger partial charge in [0.15, 0.2) is 0 Å². The van der Waals surface area contributed by atoms with Crippen molar-refractivity contribution in [1.29, 1.82) is 0 Å². The van der Waals surface area contributed by atoms with Crippen molar-refractivity contribution in [1.82, 2.24) is 0 Å². The van der Waals surface area contributed by atoms with Gasteiger partial charge in [0, 0.05) is 16.9 Å². The predicted octanol–water partition coefficient (Wildman–Crippen LogP) is 10.1. The lowest BCUT2D eigenvalue weighted by Crippen LogP contribution is -2.11. The van der Waals surface area contributed by atoms with E-state index in [1.807, 2.05) is 0 Å². The summed E-state index contributed by atoms with van der Waals surface area (Å²) in [6.07, 6.45) is 0. The van der Waals surface area contributed by atoms with Crippen LogP contribution < -0.4 is 4.90 Å². The Labute approximate surface area is 213 Å². The topological polar surface area (TPSA) is 3.24 Å². The second kappa shape index (κ2) is 9.02. The maximum absolute atomic E-state index is 2.39. The third kappa shape index (κ3) is 3.83. The summed E-state index contributed by atoms with van der Waals surface area (Å²) in [6, 6.07) is 44.1. The van der Waals surface area contributed by atoms with Gasteiger partial charge in [0.2, 0.25) is 0 Å². The summed E-state index contributed by atoms with van der Waals surface area (Å²) in [5, 5.41) is 5.13. The number of aryl methyl sites for hydroxylation is 3. The van der Waals surface area contributed by atoms with E-state index in [9.17, 15) is 0 Å². The minimum Gasteiger partial charge on any atom is -0.310 e. The van der Waals surface area contributed by atoms with E-state index in [-0.39, 0.29) is 0 Å². The largest absolute Gasteiger partial charge is 0.310 e. The van der Waals surface area contributed by atoms with Crippen LogP contribution in [-0.2, 0) is 0 Å². The first-order valence-electron chi connectivity index (χ1n) is 12.5. The van der Waals surface area contributed by atoms with Crippen LogP contribution in [-0.4, -0.2) is 0 Å². The van der Waals surface area contributed by atoms with Gasteiger partial charge in [0.25, 0.3) is 0 Å². The molecule has 0 atom stereocenters. The summed E-state index contributed by atoms with van der Waals surface area (Å²) < 4.78 is 0. The molecule has 0 heterocycles. The fraction of sp³-hybridized carbons (Fsp3) is 0.0857. The van der Waals surface area contributed by atoms with Crippen LogP contribution in [0.15, 0.2) is 121 Å². The smallest absolute Gasteiger partial charge is 0.0546 e. The Balaban J connectivity index is 1.71. The second-order valence-electron chi connectivity index (χ2n) is 9.65. The average Bonchev–Trinajstić information content (AvgIpc) is 2.91. The number of anilines is 3. The Bertz CT molecular complexity index is 1700. The van der Waals surface area contributed by atoms with E-state index >= 15 is 0 Å². The quantitative estimate of drug-likeness (QED) is 0.251. The summed E-state index contributed by atoms with van der Waals surface area (Å²) in [4.78, 5) is 2.39. The molecule has 6 aromatic rings. The van der Waals surface area contributed by atoms with Gasteiger partial charge in [-0.1, -0.05) is 90.5 Å². The molecule has 1 nitrogen and oxygen atoms in total. The van der Waals surface area contributed by atoms with Crippen molar-refractivity contribution in [2.24, 2.45) is 0 Å². The molecule has 0 fully saturated rings. The van der Waals surface area contributed by atoms with E-state index in [4.69, 9.17) is 0 Å². The Hall–Kier alpha value is -4.36. The van der Waals surface area contributed by atoms with Gasteiger partial charge < -0.3 is 4.90 Å². The molecular formula is C35H29N. The Morgan fingerprint density at radius 2 is 1.17 bits per heavy atom. The van der Waals surface area contributed by atoms with Crippen molar-refractivity contribution in [3.63, 3.8) is 0 Å². The van der Waals surface area contributed by atoms with Crippen molar-refractivity contribution in [2.45, 2.75) is 20.8 Å². The third-order valence-corrected chi connectivity index (χ3v) is 7.17. The predicted molar refractivity (Wildman–Crippen MR) is 156 cm³/mol. The van der Waals surface area contributed by atoms with Crippen molar-refractivity contribution in [3.05, 3.63) is 138 Å². The van der Waals surface area contributed by atoms with E-state index in [1.54, 1.807) is 0 Å². The minimum absolute atomic E-state index is 1.15. The van der Waals surface area contributed by atoms with Gasteiger partial charge in [-0.2, -0.15) is 0 Å². The average molecular weight is 464 g/mol. The number of fused-ring (bicyclic) bond motifs is 2. The Morgan fingerprint density at radius 1 is 0.500 bits per heavy atom. The summed E-state index contributed by atoms with van der Waals surface area (Å²) in [5.41, 5.74) is 9.81. The van der Waals surface area contributed by atoms with Gasteiger partial charge in [0.1, 0.15) is 0 Å². The zero-order valence-electron chi connectivity index (χ0n) is 21.0. The zero-order valence-corrected chi connectivity index (χ0v) is 21.0. The van der Waals surface area contributed by atoms with Gasteiger partial charge in [-0.05, 0) is 95.4 Å². The number of hydrogen-bond donors (Lipinski definition) is 0. The number of rotatable bonds is 4. The highest BCUT2D eigenvalue weighted by molar-refractivity contribution is 6.08. The fourth-order valence-corrected chi connectivity index (χ4v) is 5.31. The van der Waals surface area contributed by atoms with Crippen LogP contribution in [0, 0.1) is 20.8 Å². The highest BCUT2D eigenvalue weighted by Gasteiger charge is 2.20. The highest BCUT2D eigenvalue weighted by Crippen LogP contribution is 2.45. The molecule has 0 unspecified atom stereocenters. The van der Waals surface area contributed by atoms with Crippen molar-refractivity contribution in [3.8, 4) is 11.1 Å². The van der Waals surface area contributed by atoms with Crippen LogP contribution in [0.1, 0.15) is 16.7 Å². The second-order valence-corrected chi connectivity index (χ2v) is 9.65. The van der Waals surface area contributed by atoms with E-state index in [0.717, 1.165) is 11.4 Å². The first-order valence-corrected chi connectivity index (χ1v) is 12.5. The van der Waals surface area contributed by atoms with Gasteiger partial charge in [-0.3, -0.25) is 0 Å². The molecule has 0 aliphatic carbocycles. The number of para-hydroxylation sites is 1. The van der Waals surface area contributed by atoms with Crippen LogP contribution >= 0.6 is 0 Å². The van der Waals surface area contributed by atoms with Crippen molar-refractivity contribution in [2.75, 3.05) is 4.90 Å². The molecule has 0 N–H and O–H groups in total. The summed E-state index contributed by atoms with van der Waals surface area (Å²) in [6.45, 7) is 6.56. The fourth-order valence-electron chi connectivity index (χ4n) is 5.31. The van der Waals surface area contributed by atoms with E-state index < -0.39 is 0 Å². The molecule has 174 valence electrons. The highest BCUT2D eigenvalue weighted by atomic mass is 15.1. The minimum atomic E-state index is 1.15. The molecule has 0 aromatic heterocycles. The van der Waals surface area contributed by atoms with Crippen molar-refractivity contribution < 1.29 is 0 Å². The molecule has 1 heteroatoms. The third-order valence-electron chi connectivity index (χ3n) is 7.17. The summed E-state index contributed by atoms with van der Waals surface area (Å²) >= 11 is 0.